The molecule has 0 spiro atoms. The Balaban J connectivity index is 3.23. The normalized spacial score (nSPS) is 12.5. The van der Waals surface area contributed by atoms with E-state index in [2.05, 4.69) is 0 Å². The second kappa shape index (κ2) is 5.00. The number of benzene rings is 1. The first-order valence-electron chi connectivity index (χ1n) is 4.90. The fraction of sp³-hybridized carbons (Fsp3) is 0.455. The monoisotopic (exact) mass is 211 g/mol. The van der Waals surface area contributed by atoms with Gasteiger partial charge in [0.25, 0.3) is 0 Å². The van der Waals surface area contributed by atoms with Crippen LogP contribution in [0.1, 0.15) is 24.1 Å². The molecule has 0 aliphatic rings. The molecule has 4 heteroatoms. The summed E-state index contributed by atoms with van der Waals surface area (Å²) in [5, 5.41) is 18.8. The van der Waals surface area contributed by atoms with Crippen LogP contribution in [0.2, 0.25) is 0 Å². The van der Waals surface area contributed by atoms with Gasteiger partial charge in [0.2, 0.25) is 0 Å². The summed E-state index contributed by atoms with van der Waals surface area (Å²) in [6.07, 6.45) is 0.821. The number of aryl methyl sites for hydroxylation is 1. The molecular weight excluding hydrogens is 194 g/mol. The van der Waals surface area contributed by atoms with Gasteiger partial charge in [-0.1, -0.05) is 13.0 Å². The molecule has 15 heavy (non-hydrogen) atoms. The van der Waals surface area contributed by atoms with Crippen molar-refractivity contribution < 1.29 is 14.9 Å². The van der Waals surface area contributed by atoms with E-state index < -0.39 is 6.04 Å². The lowest BCUT2D eigenvalue weighted by Gasteiger charge is -2.15. The van der Waals surface area contributed by atoms with E-state index in [4.69, 9.17) is 15.6 Å². The molecule has 4 nitrogen and oxygen atoms in total. The van der Waals surface area contributed by atoms with Crippen molar-refractivity contribution in [3.05, 3.63) is 23.3 Å². The standard InChI is InChI=1S/C11H17NO3/c1-3-7-4-8(9(12)6-13)11(14)10(5-7)15-2/h4-5,9,13-14H,3,6,12H2,1-2H3. The summed E-state index contributed by atoms with van der Waals surface area (Å²) in [4.78, 5) is 0. The summed E-state index contributed by atoms with van der Waals surface area (Å²) in [6.45, 7) is 1.80. The number of hydrogen-bond donors (Lipinski definition) is 3. The summed E-state index contributed by atoms with van der Waals surface area (Å²) < 4.78 is 5.04. The Bertz CT molecular complexity index is 339. The molecule has 0 aliphatic carbocycles. The molecule has 0 heterocycles. The molecule has 1 atom stereocenters. The molecule has 0 bridgehead atoms. The van der Waals surface area contributed by atoms with Crippen LogP contribution in [0.3, 0.4) is 0 Å². The summed E-state index contributed by atoms with van der Waals surface area (Å²) in [6, 6.07) is 2.98. The van der Waals surface area contributed by atoms with Crippen LogP contribution in [-0.4, -0.2) is 23.9 Å². The van der Waals surface area contributed by atoms with Gasteiger partial charge in [-0.15, -0.1) is 0 Å². The number of phenols is 1. The molecule has 1 unspecified atom stereocenters. The molecule has 1 aromatic rings. The predicted octanol–water partition coefficient (Wildman–Crippen LogP) is 0.955. The third-order valence-corrected chi connectivity index (χ3v) is 2.39. The van der Waals surface area contributed by atoms with Crippen molar-refractivity contribution in [1.82, 2.24) is 0 Å². The van der Waals surface area contributed by atoms with Crippen LogP contribution in [0.4, 0.5) is 0 Å². The number of methoxy groups -OCH3 is 1. The highest BCUT2D eigenvalue weighted by molar-refractivity contribution is 5.49. The molecule has 0 radical (unpaired) electrons. The van der Waals surface area contributed by atoms with E-state index in [9.17, 15) is 5.11 Å². The van der Waals surface area contributed by atoms with Crippen LogP contribution < -0.4 is 10.5 Å². The minimum absolute atomic E-state index is 0.0104. The molecule has 0 saturated heterocycles. The predicted molar refractivity (Wildman–Crippen MR) is 58.1 cm³/mol. The van der Waals surface area contributed by atoms with E-state index in [1.54, 1.807) is 12.1 Å². The van der Waals surface area contributed by atoms with Gasteiger partial charge in [0.15, 0.2) is 11.5 Å². The molecular formula is C11H17NO3. The van der Waals surface area contributed by atoms with Gasteiger partial charge in [-0.2, -0.15) is 0 Å². The average Bonchev–Trinajstić information content (AvgIpc) is 2.28. The van der Waals surface area contributed by atoms with Crippen molar-refractivity contribution in [2.45, 2.75) is 19.4 Å². The lowest BCUT2D eigenvalue weighted by molar-refractivity contribution is 0.264. The minimum atomic E-state index is -0.578. The fourth-order valence-electron chi connectivity index (χ4n) is 1.43. The zero-order chi connectivity index (χ0) is 11.4. The quantitative estimate of drug-likeness (QED) is 0.693. The number of rotatable bonds is 4. The Hall–Kier alpha value is -1.26. The van der Waals surface area contributed by atoms with Crippen molar-refractivity contribution in [2.75, 3.05) is 13.7 Å². The van der Waals surface area contributed by atoms with Gasteiger partial charge in [0.05, 0.1) is 19.8 Å². The number of ether oxygens (including phenoxy) is 1. The Morgan fingerprint density at radius 3 is 2.60 bits per heavy atom. The van der Waals surface area contributed by atoms with Crippen LogP contribution in [0.15, 0.2) is 12.1 Å². The fourth-order valence-corrected chi connectivity index (χ4v) is 1.43. The molecule has 0 amide bonds. The highest BCUT2D eigenvalue weighted by Crippen LogP contribution is 2.34. The smallest absolute Gasteiger partial charge is 0.162 e. The first-order chi connectivity index (χ1) is 7.13. The van der Waals surface area contributed by atoms with Crippen LogP contribution >= 0.6 is 0 Å². The van der Waals surface area contributed by atoms with Gasteiger partial charge >= 0.3 is 0 Å². The first-order valence-corrected chi connectivity index (χ1v) is 4.90. The summed E-state index contributed by atoms with van der Waals surface area (Å²) in [7, 11) is 1.49. The molecule has 84 valence electrons. The average molecular weight is 211 g/mol. The topological polar surface area (TPSA) is 75.7 Å². The van der Waals surface area contributed by atoms with E-state index in [0.717, 1.165) is 12.0 Å². The van der Waals surface area contributed by atoms with Crippen molar-refractivity contribution in [2.24, 2.45) is 5.73 Å². The van der Waals surface area contributed by atoms with E-state index in [0.29, 0.717) is 11.3 Å². The van der Waals surface area contributed by atoms with Crippen LogP contribution in [0, 0.1) is 0 Å². The molecule has 1 aromatic carbocycles. The second-order valence-electron chi connectivity index (χ2n) is 3.38. The molecule has 4 N–H and O–H groups in total. The van der Waals surface area contributed by atoms with Crippen LogP contribution in [-0.2, 0) is 6.42 Å². The summed E-state index contributed by atoms with van der Waals surface area (Å²) >= 11 is 0. The second-order valence-corrected chi connectivity index (χ2v) is 3.38. The zero-order valence-electron chi connectivity index (χ0n) is 9.03. The lowest BCUT2D eigenvalue weighted by Crippen LogP contribution is -2.15. The van der Waals surface area contributed by atoms with Crippen LogP contribution in [0.5, 0.6) is 11.5 Å². The van der Waals surface area contributed by atoms with Gasteiger partial charge in [0.1, 0.15) is 0 Å². The van der Waals surface area contributed by atoms with Gasteiger partial charge in [-0.05, 0) is 18.1 Å². The number of aliphatic hydroxyl groups is 1. The third kappa shape index (κ3) is 2.40. The number of phenolic OH excluding ortho intramolecular Hbond substituents is 1. The van der Waals surface area contributed by atoms with Crippen molar-refractivity contribution in [1.29, 1.82) is 0 Å². The summed E-state index contributed by atoms with van der Waals surface area (Å²) in [5.74, 6) is 0.407. The van der Waals surface area contributed by atoms with E-state index >= 15 is 0 Å². The van der Waals surface area contributed by atoms with E-state index in [-0.39, 0.29) is 12.4 Å². The molecule has 0 aliphatic heterocycles. The maximum absolute atomic E-state index is 9.79. The van der Waals surface area contributed by atoms with Gasteiger partial charge in [0, 0.05) is 5.56 Å². The highest BCUT2D eigenvalue weighted by atomic mass is 16.5. The van der Waals surface area contributed by atoms with Gasteiger partial charge in [-0.25, -0.2) is 0 Å². The van der Waals surface area contributed by atoms with Gasteiger partial charge in [-0.3, -0.25) is 0 Å². The summed E-state index contributed by atoms with van der Waals surface area (Å²) in [5.41, 5.74) is 7.22. The van der Waals surface area contributed by atoms with E-state index in [1.165, 1.54) is 7.11 Å². The third-order valence-electron chi connectivity index (χ3n) is 2.39. The molecule has 1 rings (SSSR count). The Morgan fingerprint density at radius 1 is 1.47 bits per heavy atom. The SMILES string of the molecule is CCc1cc(OC)c(O)c(C(N)CO)c1. The first kappa shape index (κ1) is 11.8. The largest absolute Gasteiger partial charge is 0.504 e. The lowest BCUT2D eigenvalue weighted by atomic mass is 10.0. The van der Waals surface area contributed by atoms with Crippen molar-refractivity contribution >= 4 is 0 Å². The Labute approximate surface area is 89.3 Å². The van der Waals surface area contributed by atoms with Crippen LogP contribution in [0.25, 0.3) is 0 Å². The molecule has 0 aromatic heterocycles. The number of nitrogens with two attached hydrogens (primary N) is 1. The minimum Gasteiger partial charge on any atom is -0.504 e. The maximum atomic E-state index is 9.79. The van der Waals surface area contributed by atoms with Gasteiger partial charge < -0.3 is 20.7 Å². The van der Waals surface area contributed by atoms with Crippen molar-refractivity contribution in [3.63, 3.8) is 0 Å². The molecule has 0 fully saturated rings. The van der Waals surface area contributed by atoms with Crippen molar-refractivity contribution in [3.8, 4) is 11.5 Å². The maximum Gasteiger partial charge on any atom is 0.162 e. The van der Waals surface area contributed by atoms with E-state index in [1.807, 2.05) is 6.92 Å². The molecule has 0 saturated carbocycles. The Morgan fingerprint density at radius 2 is 2.13 bits per heavy atom. The number of aliphatic hydroxyl groups excluding tert-OH is 1. The highest BCUT2D eigenvalue weighted by Gasteiger charge is 2.15. The number of hydrogen-bond acceptors (Lipinski definition) is 4. The number of aromatic hydroxyl groups is 1. The zero-order valence-corrected chi connectivity index (χ0v) is 9.03. The Kier molecular flexibility index (Phi) is 3.94.